The van der Waals surface area contributed by atoms with E-state index in [2.05, 4.69) is 9.62 Å². The molecule has 1 saturated heterocycles. The number of nitrogens with one attached hydrogen (secondary N) is 1. The highest BCUT2D eigenvalue weighted by atomic mass is 32.2. The minimum Gasteiger partial charge on any atom is -0.336 e. The molecule has 1 N–H and O–H groups in total. The Kier molecular flexibility index (Phi) is 5.99. The van der Waals surface area contributed by atoms with E-state index in [-0.39, 0.29) is 16.8 Å². The smallest absolute Gasteiger partial charge is 0.253 e. The fourth-order valence-electron chi connectivity index (χ4n) is 3.92. The number of nitrogens with zero attached hydrogens (tertiary/aromatic N) is 2. The van der Waals surface area contributed by atoms with E-state index in [1.54, 1.807) is 26.0 Å². The predicted molar refractivity (Wildman–Crippen MR) is 102 cm³/mol. The van der Waals surface area contributed by atoms with Crippen LogP contribution in [0.25, 0.3) is 0 Å². The SMILES string of the molecule is CC(C)NS(=O)(=O)c1cccc(C(=O)N2CCN(C3CCCC3)CC2)c1. The van der Waals surface area contributed by atoms with Crippen LogP contribution in [0.3, 0.4) is 0 Å². The quantitative estimate of drug-likeness (QED) is 0.850. The standard InChI is InChI=1S/C19H29N3O3S/c1-15(2)20-26(24,25)18-9-5-6-16(14-18)19(23)22-12-10-21(11-13-22)17-7-3-4-8-17/h5-6,9,14-15,17,20H,3-4,7-8,10-13H2,1-2H3. The Hall–Kier alpha value is -1.44. The van der Waals surface area contributed by atoms with Crippen molar-refractivity contribution >= 4 is 15.9 Å². The van der Waals surface area contributed by atoms with Crippen molar-refractivity contribution in [3.63, 3.8) is 0 Å². The molecule has 1 aromatic carbocycles. The number of piperazine rings is 1. The van der Waals surface area contributed by atoms with Crippen LogP contribution in [0.1, 0.15) is 49.9 Å². The molecule has 1 aliphatic carbocycles. The van der Waals surface area contributed by atoms with Gasteiger partial charge in [0.2, 0.25) is 10.0 Å². The van der Waals surface area contributed by atoms with Crippen molar-refractivity contribution in [1.82, 2.24) is 14.5 Å². The largest absolute Gasteiger partial charge is 0.336 e. The summed E-state index contributed by atoms with van der Waals surface area (Å²) in [5.41, 5.74) is 0.436. The summed E-state index contributed by atoms with van der Waals surface area (Å²) >= 11 is 0. The van der Waals surface area contributed by atoms with E-state index in [0.717, 1.165) is 13.1 Å². The third kappa shape index (κ3) is 4.45. The van der Waals surface area contributed by atoms with Crippen molar-refractivity contribution in [1.29, 1.82) is 0 Å². The molecule has 2 aliphatic rings. The van der Waals surface area contributed by atoms with Gasteiger partial charge in [-0.25, -0.2) is 13.1 Å². The summed E-state index contributed by atoms with van der Waals surface area (Å²) < 4.78 is 27.2. The van der Waals surface area contributed by atoms with Crippen LogP contribution < -0.4 is 4.72 Å². The number of benzene rings is 1. The zero-order chi connectivity index (χ0) is 18.7. The predicted octanol–water partition coefficient (Wildman–Crippen LogP) is 2.07. The van der Waals surface area contributed by atoms with Crippen molar-refractivity contribution in [2.45, 2.75) is 56.5 Å². The summed E-state index contributed by atoms with van der Waals surface area (Å²) in [6.45, 7) is 6.77. The second-order valence-electron chi connectivity index (χ2n) is 7.57. The van der Waals surface area contributed by atoms with Crippen molar-refractivity contribution in [3.05, 3.63) is 29.8 Å². The fourth-order valence-corrected chi connectivity index (χ4v) is 5.21. The lowest BCUT2D eigenvalue weighted by Gasteiger charge is -2.38. The molecule has 7 heteroatoms. The highest BCUT2D eigenvalue weighted by molar-refractivity contribution is 7.89. The van der Waals surface area contributed by atoms with Gasteiger partial charge in [0.05, 0.1) is 4.90 Å². The van der Waals surface area contributed by atoms with Crippen LogP contribution in [0.15, 0.2) is 29.2 Å². The molecule has 0 radical (unpaired) electrons. The molecule has 0 atom stereocenters. The highest BCUT2D eigenvalue weighted by Gasteiger charge is 2.28. The summed E-state index contributed by atoms with van der Waals surface area (Å²) in [5, 5.41) is 0. The van der Waals surface area contributed by atoms with Crippen molar-refractivity contribution in [2.75, 3.05) is 26.2 Å². The van der Waals surface area contributed by atoms with Crippen LogP contribution in [0.4, 0.5) is 0 Å². The molecule has 0 bridgehead atoms. The fraction of sp³-hybridized carbons (Fsp3) is 0.632. The monoisotopic (exact) mass is 379 g/mol. The minimum absolute atomic E-state index is 0.0855. The summed E-state index contributed by atoms with van der Waals surface area (Å²) in [6, 6.07) is 6.83. The van der Waals surface area contributed by atoms with Gasteiger partial charge in [-0.2, -0.15) is 0 Å². The molecule has 1 aromatic rings. The first kappa shape index (κ1) is 19.3. The molecule has 26 heavy (non-hydrogen) atoms. The van der Waals surface area contributed by atoms with Crippen molar-refractivity contribution in [3.8, 4) is 0 Å². The zero-order valence-corrected chi connectivity index (χ0v) is 16.5. The van der Waals surface area contributed by atoms with Gasteiger partial charge in [0.1, 0.15) is 0 Å². The van der Waals surface area contributed by atoms with Crippen molar-refractivity contribution in [2.24, 2.45) is 0 Å². The Balaban J connectivity index is 1.66. The van der Waals surface area contributed by atoms with Crippen molar-refractivity contribution < 1.29 is 13.2 Å². The highest BCUT2D eigenvalue weighted by Crippen LogP contribution is 2.24. The van der Waals surface area contributed by atoms with Gasteiger partial charge in [-0.15, -0.1) is 0 Å². The van der Waals surface area contributed by atoms with Gasteiger partial charge in [-0.3, -0.25) is 9.69 Å². The number of hydrogen-bond acceptors (Lipinski definition) is 4. The summed E-state index contributed by atoms with van der Waals surface area (Å²) in [5.74, 6) is -0.0855. The number of rotatable bonds is 5. The first-order chi connectivity index (χ1) is 12.4. The molecule has 1 aliphatic heterocycles. The second-order valence-corrected chi connectivity index (χ2v) is 9.28. The Morgan fingerprint density at radius 2 is 1.77 bits per heavy atom. The molecular formula is C19H29N3O3S. The van der Waals surface area contributed by atoms with E-state index >= 15 is 0 Å². The van der Waals surface area contributed by atoms with E-state index in [1.807, 2.05) is 4.90 Å². The molecule has 1 amide bonds. The van der Waals surface area contributed by atoms with Crippen LogP contribution in [-0.2, 0) is 10.0 Å². The van der Waals surface area contributed by atoms with E-state index in [9.17, 15) is 13.2 Å². The van der Waals surface area contributed by atoms with Gasteiger partial charge in [-0.1, -0.05) is 18.9 Å². The third-order valence-corrected chi connectivity index (χ3v) is 6.88. The summed E-state index contributed by atoms with van der Waals surface area (Å²) in [4.78, 5) is 17.3. The third-order valence-electron chi connectivity index (χ3n) is 5.22. The number of carbonyl (C=O) groups excluding carboxylic acids is 1. The lowest BCUT2D eigenvalue weighted by molar-refractivity contribution is 0.0573. The first-order valence-electron chi connectivity index (χ1n) is 9.52. The minimum atomic E-state index is -3.60. The van der Waals surface area contributed by atoms with Crippen LogP contribution >= 0.6 is 0 Å². The maximum Gasteiger partial charge on any atom is 0.253 e. The lowest BCUT2D eigenvalue weighted by Crippen LogP contribution is -2.51. The average molecular weight is 380 g/mol. The molecule has 1 saturated carbocycles. The van der Waals surface area contributed by atoms with Gasteiger partial charge in [-0.05, 0) is 44.9 Å². The zero-order valence-electron chi connectivity index (χ0n) is 15.6. The first-order valence-corrected chi connectivity index (χ1v) is 11.0. The number of carbonyl (C=O) groups is 1. The number of sulfonamides is 1. The second kappa shape index (κ2) is 8.06. The van der Waals surface area contributed by atoms with Crippen LogP contribution in [0.2, 0.25) is 0 Å². The Morgan fingerprint density at radius 3 is 2.38 bits per heavy atom. The van der Waals surface area contributed by atoms with Crippen LogP contribution in [0.5, 0.6) is 0 Å². The molecule has 0 aromatic heterocycles. The van der Waals surface area contributed by atoms with Crippen LogP contribution in [-0.4, -0.2) is 62.4 Å². The molecule has 3 rings (SSSR count). The Morgan fingerprint density at radius 1 is 1.12 bits per heavy atom. The van der Waals surface area contributed by atoms with E-state index in [4.69, 9.17) is 0 Å². The molecule has 1 heterocycles. The normalized spacial score (nSPS) is 20.0. The van der Waals surface area contributed by atoms with Crippen LogP contribution in [0, 0.1) is 0 Å². The van der Waals surface area contributed by atoms with Gasteiger partial charge in [0.25, 0.3) is 5.91 Å². The molecule has 0 unspecified atom stereocenters. The number of amides is 1. The molecule has 144 valence electrons. The van der Waals surface area contributed by atoms with Gasteiger partial charge in [0.15, 0.2) is 0 Å². The lowest BCUT2D eigenvalue weighted by atomic mass is 10.1. The number of hydrogen-bond donors (Lipinski definition) is 1. The molecule has 0 spiro atoms. The van der Waals surface area contributed by atoms with Gasteiger partial charge in [0, 0.05) is 43.8 Å². The summed E-state index contributed by atoms with van der Waals surface area (Å²) in [6.07, 6.45) is 5.18. The average Bonchev–Trinajstić information content (AvgIpc) is 3.15. The topological polar surface area (TPSA) is 69.7 Å². The van der Waals surface area contributed by atoms with E-state index in [0.29, 0.717) is 24.7 Å². The maximum absolute atomic E-state index is 12.8. The van der Waals surface area contributed by atoms with E-state index in [1.165, 1.54) is 37.8 Å². The molecule has 2 fully saturated rings. The summed E-state index contributed by atoms with van der Waals surface area (Å²) in [7, 11) is -3.60. The van der Waals surface area contributed by atoms with E-state index < -0.39 is 10.0 Å². The maximum atomic E-state index is 12.8. The Bertz CT molecular complexity index is 734. The molecule has 6 nitrogen and oxygen atoms in total. The molecular weight excluding hydrogens is 350 g/mol. The van der Waals surface area contributed by atoms with Gasteiger partial charge >= 0.3 is 0 Å². The van der Waals surface area contributed by atoms with Gasteiger partial charge < -0.3 is 4.90 Å². The Labute approximate surface area is 156 Å².